The average Bonchev–Trinajstić information content (AvgIpc) is 3.21. The van der Waals surface area contributed by atoms with E-state index in [9.17, 15) is 9.59 Å². The molecule has 4 aromatic rings. The molecule has 0 atom stereocenters. The molecule has 5 rings (SSSR count). The summed E-state index contributed by atoms with van der Waals surface area (Å²) >= 11 is 12.3. The molecule has 0 aliphatic carbocycles. The van der Waals surface area contributed by atoms with Gasteiger partial charge in [0.25, 0.3) is 5.56 Å². The standard InChI is InChI=1S/C24H23Cl2N5O2/c1-28-21-20(22(32)31(24(28)33)15-17-8-9-18(25)14-19(17)26)30-12-5-11-29(23(30)27-21)13-10-16-6-3-2-4-7-16/h2-4,6-9,14H,5,10-13,15H2,1H3. The zero-order chi connectivity index (χ0) is 23.1. The lowest BCUT2D eigenvalue weighted by atomic mass is 10.1. The third-order valence-corrected chi connectivity index (χ3v) is 6.75. The fourth-order valence-corrected chi connectivity index (χ4v) is 4.88. The van der Waals surface area contributed by atoms with Gasteiger partial charge in [0.15, 0.2) is 11.2 Å². The molecular weight excluding hydrogens is 461 g/mol. The van der Waals surface area contributed by atoms with E-state index in [2.05, 4.69) is 17.0 Å². The van der Waals surface area contributed by atoms with Gasteiger partial charge in [-0.25, -0.2) is 4.79 Å². The molecule has 0 radical (unpaired) electrons. The van der Waals surface area contributed by atoms with E-state index in [-0.39, 0.29) is 12.1 Å². The number of nitrogens with zero attached hydrogens (tertiary/aromatic N) is 5. The Balaban J connectivity index is 1.57. The van der Waals surface area contributed by atoms with Gasteiger partial charge in [0, 0.05) is 36.7 Å². The molecule has 2 aromatic carbocycles. The Bertz CT molecular complexity index is 1460. The van der Waals surface area contributed by atoms with E-state index in [1.807, 2.05) is 22.8 Å². The van der Waals surface area contributed by atoms with Gasteiger partial charge < -0.3 is 9.47 Å². The Morgan fingerprint density at radius 1 is 1.03 bits per heavy atom. The largest absolute Gasteiger partial charge is 0.342 e. The molecule has 0 N–H and O–H groups in total. The van der Waals surface area contributed by atoms with Crippen molar-refractivity contribution >= 4 is 40.3 Å². The molecule has 0 bridgehead atoms. The van der Waals surface area contributed by atoms with Crippen LogP contribution >= 0.6 is 23.2 Å². The molecule has 33 heavy (non-hydrogen) atoms. The maximum atomic E-state index is 13.5. The van der Waals surface area contributed by atoms with Crippen molar-refractivity contribution in [2.75, 3.05) is 18.0 Å². The summed E-state index contributed by atoms with van der Waals surface area (Å²) in [6, 6.07) is 15.3. The first-order valence-electron chi connectivity index (χ1n) is 10.9. The number of hydrogen-bond acceptors (Lipinski definition) is 4. The second kappa shape index (κ2) is 8.72. The van der Waals surface area contributed by atoms with Crippen LogP contribution in [0.25, 0.3) is 11.2 Å². The zero-order valence-corrected chi connectivity index (χ0v) is 19.7. The number of aryl methyl sites for hydroxylation is 2. The molecule has 0 fully saturated rings. The minimum atomic E-state index is -0.426. The summed E-state index contributed by atoms with van der Waals surface area (Å²) < 4.78 is 4.61. The van der Waals surface area contributed by atoms with Gasteiger partial charge in [-0.15, -0.1) is 0 Å². The Kier molecular flexibility index (Phi) is 5.76. The van der Waals surface area contributed by atoms with E-state index < -0.39 is 5.69 Å². The normalized spacial score (nSPS) is 13.5. The van der Waals surface area contributed by atoms with Crippen LogP contribution in [-0.4, -0.2) is 31.8 Å². The minimum absolute atomic E-state index is 0.0652. The summed E-state index contributed by atoms with van der Waals surface area (Å²) in [4.78, 5) is 33.5. The lowest BCUT2D eigenvalue weighted by molar-refractivity contribution is 0.562. The molecule has 0 saturated heterocycles. The minimum Gasteiger partial charge on any atom is -0.342 e. The van der Waals surface area contributed by atoms with Crippen LogP contribution in [0.3, 0.4) is 0 Å². The van der Waals surface area contributed by atoms with Crippen LogP contribution in [0.4, 0.5) is 5.95 Å². The molecule has 170 valence electrons. The van der Waals surface area contributed by atoms with Crippen LogP contribution in [0.5, 0.6) is 0 Å². The number of halogens is 2. The average molecular weight is 484 g/mol. The van der Waals surface area contributed by atoms with Crippen molar-refractivity contribution in [1.82, 2.24) is 18.7 Å². The van der Waals surface area contributed by atoms with Crippen LogP contribution in [-0.2, 0) is 26.6 Å². The van der Waals surface area contributed by atoms with Gasteiger partial charge in [0.05, 0.1) is 6.54 Å². The molecule has 2 aromatic heterocycles. The topological polar surface area (TPSA) is 65.1 Å². The maximum Gasteiger partial charge on any atom is 0.332 e. The second-order valence-electron chi connectivity index (χ2n) is 8.28. The van der Waals surface area contributed by atoms with Crippen molar-refractivity contribution in [3.05, 3.63) is 90.5 Å². The van der Waals surface area contributed by atoms with Crippen LogP contribution in [0.15, 0.2) is 58.1 Å². The summed E-state index contributed by atoms with van der Waals surface area (Å²) in [6.07, 6.45) is 1.78. The van der Waals surface area contributed by atoms with Crippen molar-refractivity contribution in [2.24, 2.45) is 7.05 Å². The second-order valence-corrected chi connectivity index (χ2v) is 9.12. The Hall–Kier alpha value is -3.03. The first-order chi connectivity index (χ1) is 15.9. The van der Waals surface area contributed by atoms with Gasteiger partial charge in [-0.2, -0.15) is 4.98 Å². The van der Waals surface area contributed by atoms with Crippen molar-refractivity contribution in [2.45, 2.75) is 25.9 Å². The third kappa shape index (κ3) is 3.96. The summed E-state index contributed by atoms with van der Waals surface area (Å²) in [5, 5.41) is 0.916. The highest BCUT2D eigenvalue weighted by Crippen LogP contribution is 2.25. The highest BCUT2D eigenvalue weighted by Gasteiger charge is 2.26. The van der Waals surface area contributed by atoms with Crippen molar-refractivity contribution in [3.8, 4) is 0 Å². The molecule has 1 aliphatic rings. The highest BCUT2D eigenvalue weighted by molar-refractivity contribution is 6.35. The van der Waals surface area contributed by atoms with E-state index in [4.69, 9.17) is 28.2 Å². The zero-order valence-electron chi connectivity index (χ0n) is 18.2. The first-order valence-corrected chi connectivity index (χ1v) is 11.6. The molecule has 0 unspecified atom stereocenters. The maximum absolute atomic E-state index is 13.5. The fourth-order valence-electron chi connectivity index (χ4n) is 4.41. The predicted octanol–water partition coefficient (Wildman–Crippen LogP) is 3.70. The van der Waals surface area contributed by atoms with E-state index in [1.165, 1.54) is 14.7 Å². The summed E-state index contributed by atoms with van der Waals surface area (Å²) in [5.74, 6) is 0.738. The van der Waals surface area contributed by atoms with Crippen molar-refractivity contribution in [1.29, 1.82) is 0 Å². The molecule has 7 nitrogen and oxygen atoms in total. The lowest BCUT2D eigenvalue weighted by Gasteiger charge is -2.29. The van der Waals surface area contributed by atoms with Crippen molar-refractivity contribution in [3.63, 3.8) is 0 Å². The third-order valence-electron chi connectivity index (χ3n) is 6.16. The van der Waals surface area contributed by atoms with E-state index in [0.29, 0.717) is 33.3 Å². The van der Waals surface area contributed by atoms with Gasteiger partial charge in [-0.05, 0) is 36.1 Å². The number of aromatic nitrogens is 4. The number of fused-ring (bicyclic) bond motifs is 3. The van der Waals surface area contributed by atoms with Crippen molar-refractivity contribution < 1.29 is 0 Å². The smallest absolute Gasteiger partial charge is 0.332 e. The number of benzene rings is 2. The molecule has 9 heteroatoms. The van der Waals surface area contributed by atoms with Crippen LogP contribution in [0.2, 0.25) is 10.0 Å². The van der Waals surface area contributed by atoms with Crippen LogP contribution in [0.1, 0.15) is 17.5 Å². The van der Waals surface area contributed by atoms with Crippen LogP contribution in [0, 0.1) is 0 Å². The molecule has 0 saturated carbocycles. The summed E-state index contributed by atoms with van der Waals surface area (Å²) in [6.45, 7) is 2.40. The number of rotatable bonds is 5. The quantitative estimate of drug-likeness (QED) is 0.434. The van der Waals surface area contributed by atoms with Gasteiger partial charge in [0.2, 0.25) is 5.95 Å². The van der Waals surface area contributed by atoms with E-state index in [0.717, 1.165) is 31.9 Å². The fraction of sp³-hybridized carbons (Fsp3) is 0.292. The number of anilines is 1. The predicted molar refractivity (Wildman–Crippen MR) is 132 cm³/mol. The SMILES string of the molecule is Cn1c(=O)n(Cc2ccc(Cl)cc2Cl)c(=O)c2c1nc1n2CCCN1CCc1ccccc1. The summed E-state index contributed by atoms with van der Waals surface area (Å²) in [7, 11) is 1.65. The highest BCUT2D eigenvalue weighted by atomic mass is 35.5. The Labute approximate surface area is 200 Å². The Morgan fingerprint density at radius 2 is 1.82 bits per heavy atom. The monoisotopic (exact) mass is 483 g/mol. The van der Waals surface area contributed by atoms with Gasteiger partial charge >= 0.3 is 5.69 Å². The van der Waals surface area contributed by atoms with Gasteiger partial charge in [-0.3, -0.25) is 13.9 Å². The molecule has 1 aliphatic heterocycles. The van der Waals surface area contributed by atoms with Gasteiger partial charge in [-0.1, -0.05) is 59.6 Å². The van der Waals surface area contributed by atoms with E-state index in [1.54, 1.807) is 25.2 Å². The Morgan fingerprint density at radius 3 is 2.58 bits per heavy atom. The molecule has 3 heterocycles. The number of imidazole rings is 1. The molecular formula is C24H23Cl2N5O2. The molecule has 0 amide bonds. The lowest BCUT2D eigenvalue weighted by Crippen LogP contribution is -2.40. The van der Waals surface area contributed by atoms with E-state index >= 15 is 0 Å². The number of hydrogen-bond donors (Lipinski definition) is 0. The first kappa shape index (κ1) is 21.8. The van der Waals surface area contributed by atoms with Crippen LogP contribution < -0.4 is 16.1 Å². The summed E-state index contributed by atoms with van der Waals surface area (Å²) in [5.41, 5.74) is 1.97. The molecule has 0 spiro atoms. The van der Waals surface area contributed by atoms with Gasteiger partial charge in [0.1, 0.15) is 0 Å².